The Morgan fingerprint density at radius 2 is 1.95 bits per heavy atom. The summed E-state index contributed by atoms with van der Waals surface area (Å²) in [5.74, 6) is 0.996. The third-order valence-electron chi connectivity index (χ3n) is 3.27. The molecule has 3 nitrogen and oxygen atoms in total. The van der Waals surface area contributed by atoms with Gasteiger partial charge in [-0.15, -0.1) is 0 Å². The third-order valence-corrected chi connectivity index (χ3v) is 3.70. The number of benzene rings is 1. The molecule has 2 aromatic rings. The first-order valence-corrected chi connectivity index (χ1v) is 7.58. The van der Waals surface area contributed by atoms with Crippen molar-refractivity contribution >= 4 is 27.4 Å². The van der Waals surface area contributed by atoms with Crippen molar-refractivity contribution in [2.24, 2.45) is 5.73 Å². The predicted octanol–water partition coefficient (Wildman–Crippen LogP) is 3.95. The molecule has 0 unspecified atom stereocenters. The zero-order chi connectivity index (χ0) is 14.5. The van der Waals surface area contributed by atoms with E-state index in [1.54, 1.807) is 0 Å². The van der Waals surface area contributed by atoms with Gasteiger partial charge in [-0.3, -0.25) is 0 Å². The number of nitrogens with two attached hydrogens (primary N) is 1. The van der Waals surface area contributed by atoms with Crippen LogP contribution in [0.4, 0.5) is 11.5 Å². The Morgan fingerprint density at radius 3 is 2.60 bits per heavy atom. The SMILES string of the molecule is Cc1ccccc1N(CCCN)c1ncc(Br)cc1C. The summed E-state index contributed by atoms with van der Waals surface area (Å²) < 4.78 is 1.00. The van der Waals surface area contributed by atoms with Crippen LogP contribution >= 0.6 is 15.9 Å². The number of aromatic nitrogens is 1. The lowest BCUT2D eigenvalue weighted by Gasteiger charge is -2.27. The van der Waals surface area contributed by atoms with Gasteiger partial charge in [0.15, 0.2) is 0 Å². The third kappa shape index (κ3) is 3.38. The number of pyridine rings is 1. The molecule has 0 spiro atoms. The van der Waals surface area contributed by atoms with Gasteiger partial charge in [0.2, 0.25) is 0 Å². The van der Waals surface area contributed by atoms with E-state index in [2.05, 4.69) is 70.0 Å². The highest BCUT2D eigenvalue weighted by molar-refractivity contribution is 9.10. The van der Waals surface area contributed by atoms with Gasteiger partial charge in [-0.25, -0.2) is 4.98 Å². The highest BCUT2D eigenvalue weighted by atomic mass is 79.9. The van der Waals surface area contributed by atoms with Gasteiger partial charge in [0.25, 0.3) is 0 Å². The van der Waals surface area contributed by atoms with Crippen LogP contribution in [-0.4, -0.2) is 18.1 Å². The number of anilines is 2. The Hall–Kier alpha value is -1.39. The Labute approximate surface area is 129 Å². The zero-order valence-electron chi connectivity index (χ0n) is 11.9. The Morgan fingerprint density at radius 1 is 1.20 bits per heavy atom. The summed E-state index contributed by atoms with van der Waals surface area (Å²) in [7, 11) is 0. The highest BCUT2D eigenvalue weighted by Crippen LogP contribution is 2.30. The molecule has 0 radical (unpaired) electrons. The van der Waals surface area contributed by atoms with E-state index in [0.29, 0.717) is 6.54 Å². The van der Waals surface area contributed by atoms with Gasteiger partial charge in [-0.05, 0) is 66.0 Å². The topological polar surface area (TPSA) is 42.1 Å². The summed E-state index contributed by atoms with van der Waals surface area (Å²) in [5, 5.41) is 0. The van der Waals surface area contributed by atoms with E-state index in [0.717, 1.165) is 28.8 Å². The monoisotopic (exact) mass is 333 g/mol. The second-order valence-corrected chi connectivity index (χ2v) is 5.79. The van der Waals surface area contributed by atoms with E-state index < -0.39 is 0 Å². The van der Waals surface area contributed by atoms with E-state index in [4.69, 9.17) is 5.73 Å². The van der Waals surface area contributed by atoms with E-state index in [9.17, 15) is 0 Å². The Kier molecular flexibility index (Phi) is 5.15. The minimum absolute atomic E-state index is 0.679. The number of nitrogens with zero attached hydrogens (tertiary/aromatic N) is 2. The van der Waals surface area contributed by atoms with Gasteiger partial charge in [0.1, 0.15) is 5.82 Å². The van der Waals surface area contributed by atoms with Crippen LogP contribution in [0.5, 0.6) is 0 Å². The molecule has 0 aliphatic carbocycles. The van der Waals surface area contributed by atoms with Gasteiger partial charge in [-0.2, -0.15) is 0 Å². The molecular formula is C16H20BrN3. The number of halogens is 1. The molecule has 0 aliphatic heterocycles. The second-order valence-electron chi connectivity index (χ2n) is 4.87. The normalized spacial score (nSPS) is 10.6. The first-order valence-electron chi connectivity index (χ1n) is 6.79. The van der Waals surface area contributed by atoms with Gasteiger partial charge in [0.05, 0.1) is 0 Å². The average molecular weight is 334 g/mol. The molecule has 0 saturated carbocycles. The molecule has 106 valence electrons. The molecule has 0 aliphatic rings. The fourth-order valence-electron chi connectivity index (χ4n) is 2.27. The van der Waals surface area contributed by atoms with Crippen LogP contribution in [0, 0.1) is 13.8 Å². The van der Waals surface area contributed by atoms with Crippen molar-refractivity contribution in [3.63, 3.8) is 0 Å². The first-order chi connectivity index (χ1) is 9.63. The van der Waals surface area contributed by atoms with Crippen molar-refractivity contribution in [1.82, 2.24) is 4.98 Å². The highest BCUT2D eigenvalue weighted by Gasteiger charge is 2.14. The van der Waals surface area contributed by atoms with Crippen LogP contribution in [0.1, 0.15) is 17.5 Å². The van der Waals surface area contributed by atoms with Crippen LogP contribution < -0.4 is 10.6 Å². The van der Waals surface area contributed by atoms with Crippen molar-refractivity contribution in [1.29, 1.82) is 0 Å². The van der Waals surface area contributed by atoms with Crippen LogP contribution in [-0.2, 0) is 0 Å². The summed E-state index contributed by atoms with van der Waals surface area (Å²) in [6, 6.07) is 10.5. The lowest BCUT2D eigenvalue weighted by molar-refractivity contribution is 0.806. The van der Waals surface area contributed by atoms with Gasteiger partial charge >= 0.3 is 0 Å². The number of para-hydroxylation sites is 1. The molecule has 2 rings (SSSR count). The van der Waals surface area contributed by atoms with Gasteiger partial charge < -0.3 is 10.6 Å². The van der Waals surface area contributed by atoms with Gasteiger partial charge in [0, 0.05) is 22.9 Å². The lowest BCUT2D eigenvalue weighted by atomic mass is 10.1. The van der Waals surface area contributed by atoms with Crippen molar-refractivity contribution in [2.45, 2.75) is 20.3 Å². The lowest BCUT2D eigenvalue weighted by Crippen LogP contribution is -2.23. The largest absolute Gasteiger partial charge is 0.330 e. The molecule has 0 fully saturated rings. The number of rotatable bonds is 5. The van der Waals surface area contributed by atoms with E-state index >= 15 is 0 Å². The zero-order valence-corrected chi connectivity index (χ0v) is 13.5. The smallest absolute Gasteiger partial charge is 0.135 e. The summed E-state index contributed by atoms with van der Waals surface area (Å²) in [6.07, 6.45) is 2.78. The minimum atomic E-state index is 0.679. The minimum Gasteiger partial charge on any atom is -0.330 e. The molecule has 1 heterocycles. The molecule has 1 aromatic carbocycles. The molecule has 2 N–H and O–H groups in total. The maximum absolute atomic E-state index is 5.68. The van der Waals surface area contributed by atoms with Crippen LogP contribution in [0.3, 0.4) is 0 Å². The maximum atomic E-state index is 5.68. The van der Waals surface area contributed by atoms with E-state index in [-0.39, 0.29) is 0 Å². The van der Waals surface area contributed by atoms with Crippen molar-refractivity contribution < 1.29 is 0 Å². The number of aryl methyl sites for hydroxylation is 2. The van der Waals surface area contributed by atoms with Crippen molar-refractivity contribution in [2.75, 3.05) is 18.0 Å². The summed E-state index contributed by atoms with van der Waals surface area (Å²) in [5.41, 5.74) is 9.27. The van der Waals surface area contributed by atoms with Crippen molar-refractivity contribution in [3.8, 4) is 0 Å². The average Bonchev–Trinajstić information content (AvgIpc) is 2.42. The van der Waals surface area contributed by atoms with E-state index in [1.807, 2.05) is 6.20 Å². The molecule has 4 heteroatoms. The summed E-state index contributed by atoms with van der Waals surface area (Å²) in [4.78, 5) is 6.84. The molecule has 0 amide bonds. The van der Waals surface area contributed by atoms with E-state index in [1.165, 1.54) is 11.3 Å². The van der Waals surface area contributed by atoms with Crippen LogP contribution in [0.15, 0.2) is 41.0 Å². The standard InChI is InChI=1S/C16H20BrN3/c1-12-6-3-4-7-15(12)20(9-5-8-18)16-13(2)10-14(17)11-19-16/h3-4,6-7,10-11H,5,8-9,18H2,1-2H3. The summed E-state index contributed by atoms with van der Waals surface area (Å²) >= 11 is 3.47. The quantitative estimate of drug-likeness (QED) is 0.900. The van der Waals surface area contributed by atoms with Crippen LogP contribution in [0.25, 0.3) is 0 Å². The summed E-state index contributed by atoms with van der Waals surface area (Å²) in [6.45, 7) is 5.76. The second kappa shape index (κ2) is 6.86. The number of hydrogen-bond acceptors (Lipinski definition) is 3. The fourth-order valence-corrected chi connectivity index (χ4v) is 2.72. The molecule has 0 bridgehead atoms. The molecule has 0 saturated heterocycles. The Bertz CT molecular complexity index is 584. The molecular weight excluding hydrogens is 314 g/mol. The maximum Gasteiger partial charge on any atom is 0.135 e. The molecule has 1 aromatic heterocycles. The molecule has 0 atom stereocenters. The van der Waals surface area contributed by atoms with Crippen LogP contribution in [0.2, 0.25) is 0 Å². The van der Waals surface area contributed by atoms with Crippen molar-refractivity contribution in [3.05, 3.63) is 52.1 Å². The predicted molar refractivity (Wildman–Crippen MR) is 88.5 cm³/mol. The molecule has 20 heavy (non-hydrogen) atoms. The van der Waals surface area contributed by atoms with Gasteiger partial charge in [-0.1, -0.05) is 18.2 Å². The Balaban J connectivity index is 2.44. The number of hydrogen-bond donors (Lipinski definition) is 1. The first kappa shape index (κ1) is 15.0. The fraction of sp³-hybridized carbons (Fsp3) is 0.312.